The summed E-state index contributed by atoms with van der Waals surface area (Å²) in [6, 6.07) is 7.99. The molecule has 1 fully saturated rings. The summed E-state index contributed by atoms with van der Waals surface area (Å²) in [5.74, 6) is 0.975. The summed E-state index contributed by atoms with van der Waals surface area (Å²) in [5, 5.41) is 4.24. The van der Waals surface area contributed by atoms with E-state index in [0.717, 1.165) is 23.4 Å². The van der Waals surface area contributed by atoms with Crippen molar-refractivity contribution in [1.82, 2.24) is 5.32 Å². The van der Waals surface area contributed by atoms with E-state index in [9.17, 15) is 8.42 Å². The van der Waals surface area contributed by atoms with Crippen LogP contribution in [-0.4, -0.2) is 26.0 Å². The number of nitrogens with one attached hydrogen (secondary N) is 1. The molecule has 1 aliphatic heterocycles. The summed E-state index contributed by atoms with van der Waals surface area (Å²) in [6.45, 7) is 4.28. The van der Waals surface area contributed by atoms with Gasteiger partial charge in [0.2, 0.25) is 0 Å². The lowest BCUT2D eigenvalue weighted by molar-refractivity contribution is 0.353. The largest absolute Gasteiger partial charge is 0.306 e. The van der Waals surface area contributed by atoms with Crippen molar-refractivity contribution in [2.45, 2.75) is 38.8 Å². The Labute approximate surface area is 126 Å². The second-order valence-corrected chi connectivity index (χ2v) is 8.56. The smallest absolute Gasteiger partial charge is 0.151 e. The highest BCUT2D eigenvalue weighted by molar-refractivity contribution is 7.91. The van der Waals surface area contributed by atoms with Crippen LogP contribution in [0.1, 0.15) is 38.3 Å². The average molecular weight is 316 g/mol. The Balaban J connectivity index is 2.12. The van der Waals surface area contributed by atoms with Gasteiger partial charge in [-0.25, -0.2) is 8.42 Å². The first-order valence-corrected chi connectivity index (χ1v) is 9.29. The van der Waals surface area contributed by atoms with Crippen LogP contribution in [0.5, 0.6) is 0 Å². The van der Waals surface area contributed by atoms with Gasteiger partial charge in [0.15, 0.2) is 9.84 Å². The van der Waals surface area contributed by atoms with Gasteiger partial charge in [-0.05, 0) is 36.5 Å². The number of benzene rings is 1. The van der Waals surface area contributed by atoms with E-state index in [0.29, 0.717) is 11.7 Å². The standard InChI is InChI=1S/C15H22ClNO2S/c1-11(2)15(12-5-7-13(16)8-6-12)17-14-4-3-9-20(18,19)10-14/h5-8,11,14-15,17H,3-4,9-10H2,1-2H3. The molecule has 5 heteroatoms. The SMILES string of the molecule is CC(C)C(NC1CCCS(=O)(=O)C1)c1ccc(Cl)cc1. The predicted octanol–water partition coefficient (Wildman–Crippen LogP) is 3.20. The van der Waals surface area contributed by atoms with Gasteiger partial charge in [-0.1, -0.05) is 37.6 Å². The minimum absolute atomic E-state index is 0.0526. The van der Waals surface area contributed by atoms with Crippen molar-refractivity contribution in [3.63, 3.8) is 0 Å². The molecule has 1 heterocycles. The number of hydrogen-bond donors (Lipinski definition) is 1. The highest BCUT2D eigenvalue weighted by Crippen LogP contribution is 2.25. The van der Waals surface area contributed by atoms with Gasteiger partial charge >= 0.3 is 0 Å². The average Bonchev–Trinajstić information content (AvgIpc) is 2.36. The molecule has 2 atom stereocenters. The van der Waals surface area contributed by atoms with Crippen molar-refractivity contribution >= 4 is 21.4 Å². The topological polar surface area (TPSA) is 46.2 Å². The van der Waals surface area contributed by atoms with Crippen LogP contribution in [0.3, 0.4) is 0 Å². The molecule has 0 aromatic heterocycles. The molecule has 0 aliphatic carbocycles. The number of rotatable bonds is 4. The Morgan fingerprint density at radius 1 is 1.25 bits per heavy atom. The first-order valence-electron chi connectivity index (χ1n) is 7.09. The van der Waals surface area contributed by atoms with Gasteiger partial charge in [0.1, 0.15) is 0 Å². The third-order valence-electron chi connectivity index (χ3n) is 3.77. The Kier molecular flexibility index (Phi) is 5.10. The summed E-state index contributed by atoms with van der Waals surface area (Å²) in [6.07, 6.45) is 1.68. The molecule has 1 aromatic carbocycles. The summed E-state index contributed by atoms with van der Waals surface area (Å²) in [4.78, 5) is 0. The second-order valence-electron chi connectivity index (χ2n) is 5.89. The summed E-state index contributed by atoms with van der Waals surface area (Å²) in [7, 11) is -2.88. The van der Waals surface area contributed by atoms with Crippen molar-refractivity contribution in [3.8, 4) is 0 Å². The van der Waals surface area contributed by atoms with E-state index in [-0.39, 0.29) is 17.8 Å². The van der Waals surface area contributed by atoms with E-state index in [1.807, 2.05) is 24.3 Å². The molecule has 0 radical (unpaired) electrons. The van der Waals surface area contributed by atoms with Crippen molar-refractivity contribution in [2.24, 2.45) is 5.92 Å². The van der Waals surface area contributed by atoms with Crippen LogP contribution in [0.2, 0.25) is 5.02 Å². The molecule has 1 aliphatic rings. The van der Waals surface area contributed by atoms with Crippen LogP contribution in [0.15, 0.2) is 24.3 Å². The molecule has 0 spiro atoms. The third kappa shape index (κ3) is 4.21. The van der Waals surface area contributed by atoms with Crippen LogP contribution in [0.4, 0.5) is 0 Å². The van der Waals surface area contributed by atoms with Crippen LogP contribution in [0, 0.1) is 5.92 Å². The molecule has 20 heavy (non-hydrogen) atoms. The highest BCUT2D eigenvalue weighted by atomic mass is 35.5. The molecule has 3 nitrogen and oxygen atoms in total. The van der Waals surface area contributed by atoms with Crippen LogP contribution in [0.25, 0.3) is 0 Å². The van der Waals surface area contributed by atoms with Gasteiger partial charge in [-0.15, -0.1) is 0 Å². The number of sulfone groups is 1. The first-order chi connectivity index (χ1) is 9.37. The summed E-state index contributed by atoms with van der Waals surface area (Å²) >= 11 is 5.93. The quantitative estimate of drug-likeness (QED) is 0.928. The van der Waals surface area contributed by atoms with Crippen molar-refractivity contribution < 1.29 is 8.42 Å². The molecular formula is C15H22ClNO2S. The van der Waals surface area contributed by atoms with Crippen molar-refractivity contribution in [2.75, 3.05) is 11.5 Å². The first kappa shape index (κ1) is 15.8. The molecular weight excluding hydrogens is 294 g/mol. The van der Waals surface area contributed by atoms with E-state index in [2.05, 4.69) is 19.2 Å². The molecule has 112 valence electrons. The van der Waals surface area contributed by atoms with Crippen molar-refractivity contribution in [1.29, 1.82) is 0 Å². The van der Waals surface area contributed by atoms with E-state index in [4.69, 9.17) is 11.6 Å². The van der Waals surface area contributed by atoms with E-state index >= 15 is 0 Å². The van der Waals surface area contributed by atoms with Crippen LogP contribution in [-0.2, 0) is 9.84 Å². The van der Waals surface area contributed by atoms with Crippen molar-refractivity contribution in [3.05, 3.63) is 34.9 Å². The molecule has 2 rings (SSSR count). The maximum atomic E-state index is 11.7. The van der Waals surface area contributed by atoms with Gasteiger partial charge in [0.25, 0.3) is 0 Å². The maximum absolute atomic E-state index is 11.7. The Bertz CT molecular complexity index is 539. The van der Waals surface area contributed by atoms with Gasteiger partial charge in [0.05, 0.1) is 11.5 Å². The Morgan fingerprint density at radius 2 is 1.90 bits per heavy atom. The zero-order valence-electron chi connectivity index (χ0n) is 12.0. The number of halogens is 1. The Hall–Kier alpha value is -0.580. The predicted molar refractivity (Wildman–Crippen MR) is 83.8 cm³/mol. The molecule has 1 N–H and O–H groups in total. The van der Waals surface area contributed by atoms with Crippen LogP contribution < -0.4 is 5.32 Å². The second kappa shape index (κ2) is 6.46. The summed E-state index contributed by atoms with van der Waals surface area (Å²) in [5.41, 5.74) is 1.16. The zero-order chi connectivity index (χ0) is 14.8. The summed E-state index contributed by atoms with van der Waals surface area (Å²) < 4.78 is 23.5. The van der Waals surface area contributed by atoms with E-state index < -0.39 is 9.84 Å². The molecule has 0 saturated carbocycles. The molecule has 1 aromatic rings. The monoisotopic (exact) mass is 315 g/mol. The third-order valence-corrected chi connectivity index (χ3v) is 5.85. The lowest BCUT2D eigenvalue weighted by Gasteiger charge is -2.31. The van der Waals surface area contributed by atoms with E-state index in [1.54, 1.807) is 0 Å². The van der Waals surface area contributed by atoms with E-state index in [1.165, 1.54) is 0 Å². The van der Waals surface area contributed by atoms with Crippen LogP contribution >= 0.6 is 11.6 Å². The highest BCUT2D eigenvalue weighted by Gasteiger charge is 2.27. The van der Waals surface area contributed by atoms with Gasteiger partial charge < -0.3 is 5.32 Å². The van der Waals surface area contributed by atoms with Gasteiger partial charge in [0, 0.05) is 17.1 Å². The minimum Gasteiger partial charge on any atom is -0.306 e. The minimum atomic E-state index is -2.88. The molecule has 2 unspecified atom stereocenters. The normalized spacial score (nSPS) is 23.7. The Morgan fingerprint density at radius 3 is 2.45 bits per heavy atom. The fourth-order valence-electron chi connectivity index (χ4n) is 2.75. The molecule has 1 saturated heterocycles. The number of hydrogen-bond acceptors (Lipinski definition) is 3. The lowest BCUT2D eigenvalue weighted by atomic mass is 9.95. The zero-order valence-corrected chi connectivity index (χ0v) is 13.5. The van der Waals surface area contributed by atoms with Gasteiger partial charge in [-0.2, -0.15) is 0 Å². The molecule has 0 amide bonds. The fourth-order valence-corrected chi connectivity index (χ4v) is 4.53. The maximum Gasteiger partial charge on any atom is 0.151 e. The lowest BCUT2D eigenvalue weighted by Crippen LogP contribution is -2.43. The molecule has 0 bridgehead atoms. The van der Waals surface area contributed by atoms with Gasteiger partial charge in [-0.3, -0.25) is 0 Å². The fraction of sp³-hybridized carbons (Fsp3) is 0.600.